The molecule has 0 aliphatic rings. The van der Waals surface area contributed by atoms with E-state index >= 15 is 0 Å². The van der Waals surface area contributed by atoms with Crippen molar-refractivity contribution in [3.8, 4) is 44.6 Å². The standard InChI is InChI=1S/C45H32N2/c1-4-12-33(13-5-1)35-20-22-38(23-21-35)45-43(32-39-16-10-11-19-44(39)46-45)37-26-30-42(31-27-37)47(40-17-8-3-9-18-40)41-28-24-36(25-29-41)34-14-6-2-7-15-34/h1-32H. The molecule has 0 N–H and O–H groups in total. The van der Waals surface area contributed by atoms with Gasteiger partial charge in [0.25, 0.3) is 0 Å². The van der Waals surface area contributed by atoms with Crippen molar-refractivity contribution in [1.29, 1.82) is 0 Å². The normalized spacial score (nSPS) is 11.0. The molecule has 0 bridgehead atoms. The highest BCUT2D eigenvalue weighted by atomic mass is 15.1. The van der Waals surface area contributed by atoms with Crippen molar-refractivity contribution >= 4 is 28.0 Å². The lowest BCUT2D eigenvalue weighted by Gasteiger charge is -2.26. The Hall–Kier alpha value is -6.25. The van der Waals surface area contributed by atoms with Crippen LogP contribution in [0.1, 0.15) is 0 Å². The molecule has 222 valence electrons. The molecule has 0 aliphatic heterocycles. The van der Waals surface area contributed by atoms with Crippen molar-refractivity contribution in [2.75, 3.05) is 4.90 Å². The van der Waals surface area contributed by atoms with E-state index in [2.05, 4.69) is 199 Å². The molecule has 1 heterocycles. The SMILES string of the molecule is c1ccc(-c2ccc(-c3nc4ccccc4cc3-c3ccc(N(c4ccccc4)c4ccc(-c5ccccc5)cc4)cc3)cc2)cc1. The van der Waals surface area contributed by atoms with Crippen LogP contribution >= 0.6 is 0 Å². The second kappa shape index (κ2) is 12.6. The summed E-state index contributed by atoms with van der Waals surface area (Å²) in [5.74, 6) is 0. The molecule has 2 nitrogen and oxygen atoms in total. The summed E-state index contributed by atoms with van der Waals surface area (Å²) in [6.45, 7) is 0. The van der Waals surface area contributed by atoms with E-state index in [1.54, 1.807) is 0 Å². The van der Waals surface area contributed by atoms with Gasteiger partial charge in [-0.2, -0.15) is 0 Å². The minimum absolute atomic E-state index is 0.979. The minimum atomic E-state index is 0.979. The monoisotopic (exact) mass is 600 g/mol. The van der Waals surface area contributed by atoms with Crippen LogP contribution in [0.3, 0.4) is 0 Å². The van der Waals surface area contributed by atoms with E-state index < -0.39 is 0 Å². The number of anilines is 3. The third kappa shape index (κ3) is 5.81. The fourth-order valence-electron chi connectivity index (χ4n) is 6.26. The van der Waals surface area contributed by atoms with Crippen LogP contribution in [0, 0.1) is 0 Å². The highest BCUT2D eigenvalue weighted by Gasteiger charge is 2.16. The van der Waals surface area contributed by atoms with E-state index in [1.807, 2.05) is 0 Å². The first-order chi connectivity index (χ1) is 23.3. The van der Waals surface area contributed by atoms with Gasteiger partial charge in [-0.25, -0.2) is 4.98 Å². The zero-order valence-corrected chi connectivity index (χ0v) is 25.9. The Morgan fingerprint density at radius 2 is 0.723 bits per heavy atom. The Balaban J connectivity index is 1.18. The molecule has 0 saturated heterocycles. The Morgan fingerprint density at radius 1 is 0.319 bits per heavy atom. The maximum atomic E-state index is 5.20. The number of rotatable bonds is 7. The van der Waals surface area contributed by atoms with Gasteiger partial charge in [-0.05, 0) is 76.3 Å². The molecular weight excluding hydrogens is 569 g/mol. The van der Waals surface area contributed by atoms with Crippen molar-refractivity contribution in [2.24, 2.45) is 0 Å². The van der Waals surface area contributed by atoms with E-state index in [0.29, 0.717) is 0 Å². The predicted molar refractivity (Wildman–Crippen MR) is 198 cm³/mol. The average Bonchev–Trinajstić information content (AvgIpc) is 3.16. The van der Waals surface area contributed by atoms with E-state index in [1.165, 1.54) is 22.3 Å². The smallest absolute Gasteiger partial charge is 0.0788 e. The molecule has 47 heavy (non-hydrogen) atoms. The number of para-hydroxylation sites is 2. The second-order valence-electron chi connectivity index (χ2n) is 11.7. The Kier molecular flexibility index (Phi) is 7.59. The van der Waals surface area contributed by atoms with Crippen molar-refractivity contribution in [1.82, 2.24) is 4.98 Å². The van der Waals surface area contributed by atoms with E-state index in [0.717, 1.165) is 50.3 Å². The molecule has 0 saturated carbocycles. The highest BCUT2D eigenvalue weighted by Crippen LogP contribution is 2.39. The average molecular weight is 601 g/mol. The molecule has 0 aliphatic carbocycles. The molecule has 2 heteroatoms. The fraction of sp³-hybridized carbons (Fsp3) is 0. The summed E-state index contributed by atoms with van der Waals surface area (Å²) < 4.78 is 0. The third-order valence-electron chi connectivity index (χ3n) is 8.67. The lowest BCUT2D eigenvalue weighted by Crippen LogP contribution is -2.09. The summed E-state index contributed by atoms with van der Waals surface area (Å²) in [7, 11) is 0. The molecular formula is C45H32N2. The van der Waals surface area contributed by atoms with Gasteiger partial charge in [0.2, 0.25) is 0 Å². The summed E-state index contributed by atoms with van der Waals surface area (Å²) in [6.07, 6.45) is 0. The van der Waals surface area contributed by atoms with E-state index in [9.17, 15) is 0 Å². The first-order valence-electron chi connectivity index (χ1n) is 16.0. The van der Waals surface area contributed by atoms with Crippen molar-refractivity contribution in [3.63, 3.8) is 0 Å². The van der Waals surface area contributed by atoms with Crippen LogP contribution in [0.2, 0.25) is 0 Å². The maximum Gasteiger partial charge on any atom is 0.0788 e. The zero-order valence-electron chi connectivity index (χ0n) is 25.9. The molecule has 0 radical (unpaired) electrons. The molecule has 8 rings (SSSR count). The van der Waals surface area contributed by atoms with Crippen LogP contribution in [0.25, 0.3) is 55.5 Å². The summed E-state index contributed by atoms with van der Waals surface area (Å²) >= 11 is 0. The Bertz CT molecular complexity index is 2240. The number of benzene rings is 7. The largest absolute Gasteiger partial charge is 0.311 e. The number of aromatic nitrogens is 1. The first-order valence-corrected chi connectivity index (χ1v) is 16.0. The topological polar surface area (TPSA) is 16.1 Å². The Morgan fingerprint density at radius 3 is 1.30 bits per heavy atom. The summed E-state index contributed by atoms with van der Waals surface area (Å²) in [6, 6.07) is 68.6. The second-order valence-corrected chi connectivity index (χ2v) is 11.7. The van der Waals surface area contributed by atoms with Crippen LogP contribution in [-0.4, -0.2) is 4.98 Å². The van der Waals surface area contributed by atoms with E-state index in [4.69, 9.17) is 4.98 Å². The van der Waals surface area contributed by atoms with E-state index in [-0.39, 0.29) is 0 Å². The van der Waals surface area contributed by atoms with Crippen LogP contribution in [-0.2, 0) is 0 Å². The number of pyridine rings is 1. The van der Waals surface area contributed by atoms with Gasteiger partial charge < -0.3 is 4.90 Å². The van der Waals surface area contributed by atoms with Gasteiger partial charge in [-0.3, -0.25) is 0 Å². The van der Waals surface area contributed by atoms with Crippen LogP contribution in [0.5, 0.6) is 0 Å². The Labute approximate surface area is 275 Å². The molecule has 0 fully saturated rings. The van der Waals surface area contributed by atoms with Gasteiger partial charge in [-0.1, -0.05) is 146 Å². The molecule has 8 aromatic rings. The quantitative estimate of drug-likeness (QED) is 0.181. The molecule has 0 amide bonds. The third-order valence-corrected chi connectivity index (χ3v) is 8.67. The van der Waals surface area contributed by atoms with Gasteiger partial charge >= 0.3 is 0 Å². The maximum absolute atomic E-state index is 5.20. The summed E-state index contributed by atoms with van der Waals surface area (Å²) in [5, 5.41) is 1.13. The van der Waals surface area contributed by atoms with Gasteiger partial charge in [0.05, 0.1) is 11.2 Å². The van der Waals surface area contributed by atoms with Crippen molar-refractivity contribution in [3.05, 3.63) is 194 Å². The molecule has 7 aromatic carbocycles. The summed E-state index contributed by atoms with van der Waals surface area (Å²) in [4.78, 5) is 7.51. The van der Waals surface area contributed by atoms with Gasteiger partial charge in [0, 0.05) is 33.6 Å². The van der Waals surface area contributed by atoms with Crippen molar-refractivity contribution in [2.45, 2.75) is 0 Å². The summed E-state index contributed by atoms with van der Waals surface area (Å²) in [5.41, 5.74) is 13.4. The minimum Gasteiger partial charge on any atom is -0.311 e. The fourth-order valence-corrected chi connectivity index (χ4v) is 6.26. The van der Waals surface area contributed by atoms with Crippen LogP contribution in [0.4, 0.5) is 17.1 Å². The van der Waals surface area contributed by atoms with Crippen molar-refractivity contribution < 1.29 is 0 Å². The number of hydrogen-bond donors (Lipinski definition) is 0. The van der Waals surface area contributed by atoms with Gasteiger partial charge in [-0.15, -0.1) is 0 Å². The first kappa shape index (κ1) is 28.2. The number of hydrogen-bond acceptors (Lipinski definition) is 2. The van der Waals surface area contributed by atoms with Crippen LogP contribution < -0.4 is 4.90 Å². The van der Waals surface area contributed by atoms with Crippen LogP contribution in [0.15, 0.2) is 194 Å². The molecule has 1 aromatic heterocycles. The predicted octanol–water partition coefficient (Wildman–Crippen LogP) is 12.4. The zero-order chi connectivity index (χ0) is 31.4. The molecule has 0 spiro atoms. The highest BCUT2D eigenvalue weighted by molar-refractivity contribution is 5.92. The van der Waals surface area contributed by atoms with Gasteiger partial charge in [0.1, 0.15) is 0 Å². The lowest BCUT2D eigenvalue weighted by atomic mass is 9.95. The number of fused-ring (bicyclic) bond motifs is 1. The van der Waals surface area contributed by atoms with Gasteiger partial charge in [0.15, 0.2) is 0 Å². The molecule has 0 unspecified atom stereocenters. The molecule has 0 atom stereocenters. The lowest BCUT2D eigenvalue weighted by molar-refractivity contribution is 1.28. The number of nitrogens with zero attached hydrogens (tertiary/aromatic N) is 2.